The maximum absolute atomic E-state index is 13.4. The molecule has 6 nitrogen and oxygen atoms in total. The first-order valence-electron chi connectivity index (χ1n) is 32.3. The van der Waals surface area contributed by atoms with Gasteiger partial charge in [0.25, 0.3) is 0 Å². The fourth-order valence-corrected chi connectivity index (χ4v) is 15.0. The molecule has 1 aliphatic heterocycles. The van der Waals surface area contributed by atoms with Crippen LogP contribution in [0.1, 0.15) is 78.0 Å². The van der Waals surface area contributed by atoms with Gasteiger partial charge in [-0.1, -0.05) is 243 Å². The third-order valence-corrected chi connectivity index (χ3v) is 20.7. The van der Waals surface area contributed by atoms with Crippen LogP contribution in [-0.4, -0.2) is 41.6 Å². The van der Waals surface area contributed by atoms with Gasteiger partial charge in [0, 0.05) is 56.0 Å². The molecule has 1 aliphatic rings. The summed E-state index contributed by atoms with van der Waals surface area (Å²) in [7, 11) is 8.74. The Kier molecular flexibility index (Phi) is 38.8. The van der Waals surface area contributed by atoms with E-state index in [1.165, 1.54) is 99.8 Å². The first-order chi connectivity index (χ1) is 50.7. The summed E-state index contributed by atoms with van der Waals surface area (Å²) in [5, 5.41) is 26.9. The van der Waals surface area contributed by atoms with Crippen LogP contribution in [0.3, 0.4) is 0 Å². The molecule has 12 rings (SSSR count). The van der Waals surface area contributed by atoms with E-state index in [0.717, 1.165) is 55.7 Å². The summed E-state index contributed by atoms with van der Waals surface area (Å²) in [6.07, 6.45) is 1.36. The number of halogens is 11. The van der Waals surface area contributed by atoms with Crippen molar-refractivity contribution in [1.29, 1.82) is 0 Å². The second-order valence-corrected chi connectivity index (χ2v) is 31.0. The molecule has 1 fully saturated rings. The Balaban J connectivity index is 0.000000202. The van der Waals surface area contributed by atoms with Crippen molar-refractivity contribution in [3.05, 3.63) is 339 Å². The maximum atomic E-state index is 13.4. The van der Waals surface area contributed by atoms with Crippen molar-refractivity contribution in [2.45, 2.75) is 57.7 Å². The van der Waals surface area contributed by atoms with E-state index < -0.39 is 39.3 Å². The summed E-state index contributed by atoms with van der Waals surface area (Å²) >= 11 is 11.1. The number of rotatable bonds is 12. The maximum Gasteiger partial charge on any atom is -0.0134 e. The van der Waals surface area contributed by atoms with Crippen LogP contribution < -0.4 is 36.6 Å². The van der Waals surface area contributed by atoms with Gasteiger partial charge in [-0.15, -0.1) is 18.0 Å². The Morgan fingerprint density at radius 2 is 0.895 bits per heavy atom. The topological polar surface area (TPSA) is 85.2 Å². The largest absolute Gasteiger partial charge is 0.0622 e. The first kappa shape index (κ1) is 85.8. The molecule has 0 amide bonds. The number of ether oxygens (including phenoxy) is 3. The second-order valence-electron chi connectivity index (χ2n) is 22.0. The molecule has 20 heteroatoms. The van der Waals surface area contributed by atoms with Gasteiger partial charge >= 0.3 is 53.3 Å². The molecule has 1 unspecified atom stereocenters. The predicted octanol–water partition coefficient (Wildman–Crippen LogP) is 21.6. The van der Waals surface area contributed by atoms with Crippen molar-refractivity contribution in [3.63, 3.8) is 0 Å². The average Bonchev–Trinajstić information content (AvgIpc) is 0.835. The summed E-state index contributed by atoms with van der Waals surface area (Å²) < 4.78 is 93.1. The monoisotopic (exact) mass is 1730 g/mol. The third-order valence-electron chi connectivity index (χ3n) is 14.3. The van der Waals surface area contributed by atoms with Crippen molar-refractivity contribution in [3.8, 4) is 53.3 Å². The number of phenolic OH excluding ortho intramolecular Hbond substituents is 2. The number of esters is 1. The van der Waals surface area contributed by atoms with E-state index in [0.29, 0.717) is 28.1 Å². The number of hydrogen-bond acceptors (Lipinski definition) is 6. The molecule has 2 N–H and O–H groups in total. The molecule has 0 radical (unpaired) electrons. The van der Waals surface area contributed by atoms with Crippen LogP contribution in [0.2, 0.25) is 0 Å². The van der Waals surface area contributed by atoms with Crippen LogP contribution in [-0.2, 0) is 42.6 Å². The number of terminal acetylenes is 1. The molecule has 0 saturated carbocycles. The molecule has 0 spiro atoms. The van der Waals surface area contributed by atoms with Crippen LogP contribution in [0, 0.1) is 36.0 Å². The third kappa shape index (κ3) is 32.2. The molecular weight excluding hydrogens is 1670 g/mol. The number of carbonyl (C=O) groups is 1. The number of unbranched alkanes of at least 4 members (excludes halogenated alkanes) is 1. The predicted molar refractivity (Wildman–Crippen MR) is 424 cm³/mol. The molecule has 1 heterocycles. The number of aromatic hydroxyl groups is 2. The second kappa shape index (κ2) is 47.4. The van der Waals surface area contributed by atoms with Crippen molar-refractivity contribution in [2.24, 2.45) is 0 Å². The van der Waals surface area contributed by atoms with Crippen molar-refractivity contribution in [1.82, 2.24) is 0 Å². The smallest absolute Gasteiger partial charge is 0.0134 e. The number of phenols is 2. The summed E-state index contributed by atoms with van der Waals surface area (Å²) in [6, 6.07) is 91.7. The quantitative estimate of drug-likeness (QED) is 0.0241. The minimum absolute atomic E-state index is 0.0538. The fraction of sp³-hybridized carbons (Fsp3) is 0.141. The number of benzene rings is 11. The van der Waals surface area contributed by atoms with Crippen LogP contribution in [0.15, 0.2) is 300 Å². The summed E-state index contributed by atoms with van der Waals surface area (Å²) in [6.45, 7) is 2.70. The number of hydrogen-bond donors (Lipinski definition) is 2. The molecule has 0 bridgehead atoms. The zero-order valence-electron chi connectivity index (χ0n) is 56.4. The summed E-state index contributed by atoms with van der Waals surface area (Å²) in [5.74, 6) is 14.6. The van der Waals surface area contributed by atoms with E-state index in [9.17, 15) is 41.4 Å². The van der Waals surface area contributed by atoms with E-state index in [4.69, 9.17) is 46.6 Å². The van der Waals surface area contributed by atoms with E-state index in [-0.39, 0.29) is 55.3 Å². The van der Waals surface area contributed by atoms with Gasteiger partial charge < -0.3 is 24.4 Å². The normalized spacial score (nSPS) is 11.9. The van der Waals surface area contributed by atoms with Crippen LogP contribution in [0.25, 0.3) is 0 Å². The SMILES string of the molecule is C#Cc1ccc(OC2CCCCO2)cc1.CC(=O)OCCCCCl.FC(F)(F)c1cc(Br)ccc1Br.Oc1ccc(C#Cc2ccc(C#Cc3ccc(O)cc3)c(C(F)(F)F)c2)cc1.[Cl][Pd][Cl].c1ccc(P(c2ccccc2)c2ccccc2)cc1.c1ccc(P(c2ccccc2)c2ccccc2)cc1. The van der Waals surface area contributed by atoms with Crippen molar-refractivity contribution < 1.29 is 71.5 Å². The standard InChI is InChI=1S/C23H13F3O2.2C18H15P.C13H14O2.C7H3Br2F3.C6H11ClO2.2ClH.Pd/c24-23(25,26)22-15-18(2-1-16-5-11-20(27)12-6-16)4-10-19(22)9-3-17-7-13-21(28)14-8-17;2*1-4-10-16(11-5-1)19(17-12-6-2-7-13-17)18-14-8-3-9-15-18;1-2-11-6-8-12(9-7-11)15-13-5-3-4-10-14-13;8-4-1-2-6(9)5(3-4)7(10,11)12;1-6(8)9-5-3-2-4-7;;;/h4-8,10-15,27-28H;2*1-15H;1,6-9,13H,3-5,10H2;1-3H;2-5H2,1H3;2*1H;/q;;;;;;;;+2/p-2. The van der Waals surface area contributed by atoms with Crippen LogP contribution in [0.5, 0.6) is 17.2 Å². The molecule has 0 aromatic heterocycles. The minimum atomic E-state index is -4.57. The molecular formula is C85H71Br2Cl3F6O6P2Pd. The first-order valence-corrected chi connectivity index (χ1v) is 41.1. The Labute approximate surface area is 651 Å². The van der Waals surface area contributed by atoms with Gasteiger partial charge in [-0.05, 0) is 183 Å². The molecule has 11 aromatic carbocycles. The average molecular weight is 1740 g/mol. The van der Waals surface area contributed by atoms with E-state index >= 15 is 0 Å². The summed E-state index contributed by atoms with van der Waals surface area (Å²) in [4.78, 5) is 10.2. The zero-order valence-corrected chi connectivity index (χ0v) is 65.2. The molecule has 105 heavy (non-hydrogen) atoms. The Morgan fingerprint density at radius 1 is 0.514 bits per heavy atom. The Hall–Kier alpha value is -8.14. The van der Waals surface area contributed by atoms with Crippen molar-refractivity contribution in [2.75, 3.05) is 19.1 Å². The van der Waals surface area contributed by atoms with Crippen LogP contribution in [0.4, 0.5) is 26.3 Å². The van der Waals surface area contributed by atoms with E-state index in [2.05, 4.69) is 248 Å². The van der Waals surface area contributed by atoms with Gasteiger partial charge in [0.05, 0.1) is 24.3 Å². The van der Waals surface area contributed by atoms with E-state index in [1.807, 2.05) is 24.3 Å². The molecule has 1 atom stereocenters. The Bertz CT molecular complexity index is 4190. The summed E-state index contributed by atoms with van der Waals surface area (Å²) in [5.41, 5.74) is 0.441. The molecule has 11 aromatic rings. The van der Waals surface area contributed by atoms with Gasteiger partial charge in [-0.25, -0.2) is 0 Å². The van der Waals surface area contributed by atoms with Gasteiger partial charge in [0.1, 0.15) is 17.2 Å². The minimum Gasteiger partial charge on any atom is -0.0622 e. The van der Waals surface area contributed by atoms with Crippen LogP contribution >= 0.6 is 78.4 Å². The molecule has 544 valence electrons. The fourth-order valence-electron chi connectivity index (χ4n) is 9.41. The number of alkyl halides is 7. The van der Waals surface area contributed by atoms with Crippen molar-refractivity contribution >= 4 is 116 Å². The van der Waals surface area contributed by atoms with E-state index in [1.54, 1.807) is 18.2 Å². The van der Waals surface area contributed by atoms with Gasteiger partial charge in [-0.3, -0.25) is 4.79 Å². The molecule has 0 aliphatic carbocycles. The van der Waals surface area contributed by atoms with Gasteiger partial charge in [-0.2, -0.15) is 26.3 Å². The van der Waals surface area contributed by atoms with Gasteiger partial charge in [0.2, 0.25) is 0 Å². The van der Waals surface area contributed by atoms with Gasteiger partial charge in [0.15, 0.2) is 6.29 Å². The molecule has 1 saturated heterocycles. The number of carbonyl (C=O) groups excluding carboxylic acids is 1. The Morgan fingerprint density at radius 3 is 1.25 bits per heavy atom. The zero-order chi connectivity index (χ0) is 75.7.